The number of fused-ring (bicyclic) bond motifs is 1. The molecule has 2 aliphatic rings. The fourth-order valence-electron chi connectivity index (χ4n) is 3.48. The van der Waals surface area contributed by atoms with E-state index in [0.717, 1.165) is 31.4 Å². The Hall–Kier alpha value is -2.42. The Morgan fingerprint density at radius 3 is 2.65 bits per heavy atom. The molecule has 0 aliphatic heterocycles. The number of hydrazone groups is 1. The number of hydrogen-bond donors (Lipinski definition) is 1. The molecule has 3 heteroatoms. The van der Waals surface area contributed by atoms with Gasteiger partial charge in [-0.25, -0.2) is 5.43 Å². The summed E-state index contributed by atoms with van der Waals surface area (Å²) >= 11 is 0. The molecule has 1 fully saturated rings. The molecule has 4 rings (SSSR count). The lowest BCUT2D eigenvalue weighted by Gasteiger charge is -2.17. The number of rotatable bonds is 3. The molecular weight excluding hydrogens is 284 g/mol. The van der Waals surface area contributed by atoms with E-state index in [-0.39, 0.29) is 11.8 Å². The first kappa shape index (κ1) is 14.2. The first-order valence-corrected chi connectivity index (χ1v) is 8.32. The van der Waals surface area contributed by atoms with Gasteiger partial charge in [0, 0.05) is 11.5 Å². The molecule has 1 amide bonds. The zero-order valence-corrected chi connectivity index (χ0v) is 13.0. The summed E-state index contributed by atoms with van der Waals surface area (Å²) in [5.74, 6) is 0.477. The van der Waals surface area contributed by atoms with Crippen LogP contribution in [0.4, 0.5) is 0 Å². The molecule has 0 aromatic heterocycles. The van der Waals surface area contributed by atoms with Gasteiger partial charge in [0.15, 0.2) is 0 Å². The fourth-order valence-corrected chi connectivity index (χ4v) is 3.48. The Morgan fingerprint density at radius 1 is 1.00 bits per heavy atom. The van der Waals surface area contributed by atoms with Crippen molar-refractivity contribution in [3.05, 3.63) is 71.3 Å². The molecule has 0 heterocycles. The van der Waals surface area contributed by atoms with Crippen molar-refractivity contribution in [2.45, 2.75) is 31.6 Å². The second kappa shape index (κ2) is 5.99. The van der Waals surface area contributed by atoms with Crippen LogP contribution >= 0.6 is 0 Å². The van der Waals surface area contributed by atoms with Gasteiger partial charge in [-0.1, -0.05) is 54.6 Å². The second-order valence-corrected chi connectivity index (χ2v) is 6.40. The van der Waals surface area contributed by atoms with Crippen LogP contribution in [0.3, 0.4) is 0 Å². The van der Waals surface area contributed by atoms with Crippen molar-refractivity contribution in [2.24, 2.45) is 11.0 Å². The molecule has 0 bridgehead atoms. The Balaban J connectivity index is 1.43. The third-order valence-corrected chi connectivity index (χ3v) is 4.84. The van der Waals surface area contributed by atoms with Crippen LogP contribution in [-0.2, 0) is 11.2 Å². The number of carbonyl (C=O) groups excluding carboxylic acids is 1. The quantitative estimate of drug-likeness (QED) is 0.864. The van der Waals surface area contributed by atoms with Crippen LogP contribution in [0.15, 0.2) is 59.7 Å². The van der Waals surface area contributed by atoms with Gasteiger partial charge in [-0.2, -0.15) is 5.10 Å². The number of amides is 1. The van der Waals surface area contributed by atoms with Crippen molar-refractivity contribution in [3.63, 3.8) is 0 Å². The highest BCUT2D eigenvalue weighted by atomic mass is 16.2. The SMILES string of the molecule is O=C(N/N=C1/CCCc2ccccc21)C1CC1c1ccccc1. The highest BCUT2D eigenvalue weighted by molar-refractivity contribution is 6.03. The molecular formula is C20H20N2O. The largest absolute Gasteiger partial charge is 0.273 e. The fraction of sp³-hybridized carbons (Fsp3) is 0.300. The van der Waals surface area contributed by atoms with Gasteiger partial charge in [0.25, 0.3) is 0 Å². The summed E-state index contributed by atoms with van der Waals surface area (Å²) in [7, 11) is 0. The van der Waals surface area contributed by atoms with E-state index in [1.807, 2.05) is 24.3 Å². The van der Waals surface area contributed by atoms with Crippen LogP contribution in [-0.4, -0.2) is 11.6 Å². The van der Waals surface area contributed by atoms with Gasteiger partial charge < -0.3 is 0 Å². The lowest BCUT2D eigenvalue weighted by atomic mass is 9.90. The van der Waals surface area contributed by atoms with Crippen LogP contribution in [0.5, 0.6) is 0 Å². The zero-order chi connectivity index (χ0) is 15.6. The van der Waals surface area contributed by atoms with E-state index in [1.165, 1.54) is 16.7 Å². The van der Waals surface area contributed by atoms with Crippen LogP contribution in [0.1, 0.15) is 41.9 Å². The summed E-state index contributed by atoms with van der Waals surface area (Å²) in [5, 5.41) is 4.43. The number of nitrogens with zero attached hydrogens (tertiary/aromatic N) is 1. The highest BCUT2D eigenvalue weighted by Crippen LogP contribution is 2.47. The van der Waals surface area contributed by atoms with Crippen molar-refractivity contribution < 1.29 is 4.79 Å². The van der Waals surface area contributed by atoms with E-state index in [4.69, 9.17) is 0 Å². The maximum atomic E-state index is 12.3. The molecule has 2 unspecified atom stereocenters. The Bertz CT molecular complexity index is 751. The number of aryl methyl sites for hydroxylation is 1. The van der Waals surface area contributed by atoms with E-state index in [0.29, 0.717) is 5.92 Å². The number of benzene rings is 2. The average molecular weight is 304 g/mol. The van der Waals surface area contributed by atoms with E-state index in [9.17, 15) is 4.79 Å². The zero-order valence-electron chi connectivity index (χ0n) is 13.0. The summed E-state index contributed by atoms with van der Waals surface area (Å²) in [6, 6.07) is 18.6. The second-order valence-electron chi connectivity index (χ2n) is 6.40. The van der Waals surface area contributed by atoms with Crippen molar-refractivity contribution in [1.29, 1.82) is 0 Å². The number of carbonyl (C=O) groups is 1. The monoisotopic (exact) mass is 304 g/mol. The van der Waals surface area contributed by atoms with Gasteiger partial charge in [-0.05, 0) is 42.7 Å². The maximum absolute atomic E-state index is 12.3. The number of nitrogens with one attached hydrogen (secondary N) is 1. The third kappa shape index (κ3) is 2.91. The minimum Gasteiger partial charge on any atom is -0.273 e. The lowest BCUT2D eigenvalue weighted by Crippen LogP contribution is -2.23. The van der Waals surface area contributed by atoms with Crippen LogP contribution in [0.2, 0.25) is 0 Å². The molecule has 2 atom stereocenters. The molecule has 116 valence electrons. The molecule has 0 saturated heterocycles. The first-order valence-electron chi connectivity index (χ1n) is 8.32. The van der Waals surface area contributed by atoms with Crippen LogP contribution < -0.4 is 5.43 Å². The highest BCUT2D eigenvalue weighted by Gasteiger charge is 2.43. The number of hydrogen-bond acceptors (Lipinski definition) is 2. The first-order chi connectivity index (χ1) is 11.3. The van der Waals surface area contributed by atoms with Crippen LogP contribution in [0.25, 0.3) is 0 Å². The standard InChI is InChI=1S/C20H20N2O/c23-20(18-13-17(18)15-7-2-1-3-8-15)22-21-19-12-6-10-14-9-4-5-11-16(14)19/h1-5,7-9,11,17-18H,6,10,12-13H2,(H,22,23)/b21-19-. The van der Waals surface area contributed by atoms with Crippen molar-refractivity contribution in [2.75, 3.05) is 0 Å². The minimum absolute atomic E-state index is 0.0504. The van der Waals surface area contributed by atoms with E-state index >= 15 is 0 Å². The van der Waals surface area contributed by atoms with Gasteiger partial charge in [0.05, 0.1) is 5.71 Å². The van der Waals surface area contributed by atoms with Gasteiger partial charge >= 0.3 is 0 Å². The molecule has 0 radical (unpaired) electrons. The maximum Gasteiger partial charge on any atom is 0.243 e. The summed E-state index contributed by atoms with van der Waals surface area (Å²) in [5.41, 5.74) is 7.59. The third-order valence-electron chi connectivity index (χ3n) is 4.84. The van der Waals surface area contributed by atoms with E-state index < -0.39 is 0 Å². The van der Waals surface area contributed by atoms with E-state index in [1.54, 1.807) is 0 Å². The summed E-state index contributed by atoms with van der Waals surface area (Å²) < 4.78 is 0. The van der Waals surface area contributed by atoms with E-state index in [2.05, 4.69) is 40.9 Å². The molecule has 2 aliphatic carbocycles. The molecule has 2 aromatic carbocycles. The normalized spacial score (nSPS) is 24.1. The van der Waals surface area contributed by atoms with Gasteiger partial charge in [-0.15, -0.1) is 0 Å². The Kier molecular flexibility index (Phi) is 3.70. The summed E-state index contributed by atoms with van der Waals surface area (Å²) in [6.07, 6.45) is 4.06. The molecule has 3 nitrogen and oxygen atoms in total. The summed E-state index contributed by atoms with van der Waals surface area (Å²) in [4.78, 5) is 12.3. The minimum atomic E-state index is 0.0504. The molecule has 1 N–H and O–H groups in total. The topological polar surface area (TPSA) is 41.5 Å². The van der Waals surface area contributed by atoms with Crippen molar-refractivity contribution in [1.82, 2.24) is 5.43 Å². The Labute approximate surface area is 136 Å². The molecule has 23 heavy (non-hydrogen) atoms. The molecule has 0 spiro atoms. The van der Waals surface area contributed by atoms with Crippen molar-refractivity contribution in [3.8, 4) is 0 Å². The molecule has 2 aromatic rings. The lowest BCUT2D eigenvalue weighted by molar-refractivity contribution is -0.122. The average Bonchev–Trinajstić information content (AvgIpc) is 3.41. The van der Waals surface area contributed by atoms with Crippen LogP contribution in [0, 0.1) is 5.92 Å². The smallest absolute Gasteiger partial charge is 0.243 e. The predicted molar refractivity (Wildman–Crippen MR) is 91.3 cm³/mol. The predicted octanol–water partition coefficient (Wildman–Crippen LogP) is 3.65. The van der Waals surface area contributed by atoms with Crippen molar-refractivity contribution >= 4 is 11.6 Å². The van der Waals surface area contributed by atoms with Gasteiger partial charge in [0.2, 0.25) is 5.91 Å². The Morgan fingerprint density at radius 2 is 1.78 bits per heavy atom. The summed E-state index contributed by atoms with van der Waals surface area (Å²) in [6.45, 7) is 0. The van der Waals surface area contributed by atoms with Gasteiger partial charge in [-0.3, -0.25) is 4.79 Å². The van der Waals surface area contributed by atoms with Gasteiger partial charge in [0.1, 0.15) is 0 Å². The molecule has 1 saturated carbocycles.